The van der Waals surface area contributed by atoms with Gasteiger partial charge in [-0.3, -0.25) is 4.90 Å². The Morgan fingerprint density at radius 3 is 2.75 bits per heavy atom. The smallest absolute Gasteiger partial charge is 0.315 e. The maximum atomic E-state index is 11.8. The summed E-state index contributed by atoms with van der Waals surface area (Å²) < 4.78 is 0. The number of likely N-dealkylation sites (tertiary alicyclic amines) is 1. The number of urea groups is 1. The van der Waals surface area contributed by atoms with Gasteiger partial charge in [0.1, 0.15) is 0 Å². The van der Waals surface area contributed by atoms with Crippen molar-refractivity contribution in [1.82, 2.24) is 15.5 Å². The zero-order valence-electron chi connectivity index (χ0n) is 14.9. The lowest BCUT2D eigenvalue weighted by Crippen LogP contribution is -2.40. The summed E-state index contributed by atoms with van der Waals surface area (Å²) in [5, 5.41) is 14.6. The van der Waals surface area contributed by atoms with Crippen molar-refractivity contribution >= 4 is 6.03 Å². The fourth-order valence-corrected chi connectivity index (χ4v) is 3.04. The van der Waals surface area contributed by atoms with E-state index in [4.69, 9.17) is 5.11 Å². The Morgan fingerprint density at radius 2 is 2.04 bits per heavy atom. The molecular formula is C19H31N3O2. The third kappa shape index (κ3) is 6.49. The molecule has 1 aliphatic rings. The number of rotatable bonds is 7. The number of aliphatic hydroxyl groups is 1. The quantitative estimate of drug-likeness (QED) is 0.718. The van der Waals surface area contributed by atoms with Gasteiger partial charge < -0.3 is 15.7 Å². The number of hydrogen-bond acceptors (Lipinski definition) is 3. The lowest BCUT2D eigenvalue weighted by Gasteiger charge is -2.30. The Morgan fingerprint density at radius 1 is 1.33 bits per heavy atom. The Kier molecular flexibility index (Phi) is 7.53. The van der Waals surface area contributed by atoms with Crippen LogP contribution in [0.25, 0.3) is 0 Å². The van der Waals surface area contributed by atoms with Crippen molar-refractivity contribution in [2.75, 3.05) is 19.7 Å². The molecule has 0 unspecified atom stereocenters. The molecular weight excluding hydrogens is 302 g/mol. The summed E-state index contributed by atoms with van der Waals surface area (Å²) in [5.41, 5.74) is 2.42. The monoisotopic (exact) mass is 333 g/mol. The maximum absolute atomic E-state index is 11.8. The van der Waals surface area contributed by atoms with Gasteiger partial charge in [-0.2, -0.15) is 0 Å². The number of amides is 2. The highest BCUT2D eigenvalue weighted by Crippen LogP contribution is 2.18. The highest BCUT2D eigenvalue weighted by Gasteiger charge is 2.15. The van der Waals surface area contributed by atoms with Crippen LogP contribution in [0.3, 0.4) is 0 Å². The molecule has 24 heavy (non-hydrogen) atoms. The summed E-state index contributed by atoms with van der Waals surface area (Å²) >= 11 is 0. The third-order valence-electron chi connectivity index (χ3n) is 4.67. The van der Waals surface area contributed by atoms with Crippen LogP contribution in [0.2, 0.25) is 0 Å². The molecule has 1 saturated heterocycles. The topological polar surface area (TPSA) is 64.6 Å². The highest BCUT2D eigenvalue weighted by molar-refractivity contribution is 5.74. The van der Waals surface area contributed by atoms with Crippen molar-refractivity contribution < 1.29 is 9.90 Å². The van der Waals surface area contributed by atoms with Crippen LogP contribution in [-0.2, 0) is 13.1 Å². The lowest BCUT2D eigenvalue weighted by atomic mass is 9.98. The maximum Gasteiger partial charge on any atom is 0.315 e. The first-order valence-electron chi connectivity index (χ1n) is 9.02. The predicted octanol–water partition coefficient (Wildman–Crippen LogP) is 2.49. The molecule has 1 heterocycles. The van der Waals surface area contributed by atoms with Crippen molar-refractivity contribution in [3.05, 3.63) is 35.4 Å². The average Bonchev–Trinajstić information content (AvgIpc) is 2.56. The van der Waals surface area contributed by atoms with Crippen LogP contribution in [-0.4, -0.2) is 41.8 Å². The summed E-state index contributed by atoms with van der Waals surface area (Å²) in [6.07, 6.45) is 3.14. The molecule has 1 aliphatic heterocycles. The first kappa shape index (κ1) is 18.7. The van der Waals surface area contributed by atoms with E-state index < -0.39 is 0 Å². The zero-order chi connectivity index (χ0) is 17.4. The molecule has 1 atom stereocenters. The number of nitrogens with zero attached hydrogens (tertiary/aromatic N) is 1. The molecule has 3 N–H and O–H groups in total. The van der Waals surface area contributed by atoms with Crippen molar-refractivity contribution in [2.24, 2.45) is 5.92 Å². The second-order valence-electron chi connectivity index (χ2n) is 7.02. The third-order valence-corrected chi connectivity index (χ3v) is 4.67. The molecule has 0 spiro atoms. The van der Waals surface area contributed by atoms with E-state index >= 15 is 0 Å². The number of nitrogens with one attached hydrogen (secondary N) is 2. The Balaban J connectivity index is 1.79. The molecule has 2 amide bonds. The first-order chi connectivity index (χ1) is 11.6. The van der Waals surface area contributed by atoms with E-state index in [2.05, 4.69) is 40.7 Å². The van der Waals surface area contributed by atoms with Crippen LogP contribution in [0.15, 0.2) is 24.3 Å². The largest absolute Gasteiger partial charge is 0.396 e. The van der Waals surface area contributed by atoms with Crippen LogP contribution in [0.1, 0.15) is 44.2 Å². The minimum atomic E-state index is -0.189. The van der Waals surface area contributed by atoms with Crippen molar-refractivity contribution in [1.29, 1.82) is 0 Å². The van der Waals surface area contributed by atoms with E-state index in [0.29, 0.717) is 13.0 Å². The molecule has 0 saturated carbocycles. The van der Waals surface area contributed by atoms with Gasteiger partial charge in [-0.05, 0) is 56.3 Å². The summed E-state index contributed by atoms with van der Waals surface area (Å²) in [5.74, 6) is 0.850. The highest BCUT2D eigenvalue weighted by atomic mass is 16.3. The van der Waals surface area contributed by atoms with E-state index in [1.165, 1.54) is 31.5 Å². The number of benzene rings is 1. The van der Waals surface area contributed by atoms with Crippen LogP contribution >= 0.6 is 0 Å². The van der Waals surface area contributed by atoms with Gasteiger partial charge in [0.15, 0.2) is 0 Å². The Labute approximate surface area is 145 Å². The summed E-state index contributed by atoms with van der Waals surface area (Å²) in [4.78, 5) is 14.3. The number of carbonyl (C=O) groups excluding carboxylic acids is 1. The van der Waals surface area contributed by atoms with Crippen LogP contribution in [0.5, 0.6) is 0 Å². The number of piperidine rings is 1. The molecule has 5 heteroatoms. The standard InChI is InChI=1S/C19H31N3O2/c1-15-6-9-22(10-7-15)14-18-5-3-4-17(12-18)13-20-19(24)21-16(2)8-11-23/h3-5,12,15-16,23H,6-11,13-14H2,1-2H3,(H2,20,21,24)/t16-/m1/s1. The second-order valence-corrected chi connectivity index (χ2v) is 7.02. The summed E-state index contributed by atoms with van der Waals surface area (Å²) in [7, 11) is 0. The normalized spacial score (nSPS) is 17.5. The van der Waals surface area contributed by atoms with Crippen LogP contribution in [0.4, 0.5) is 4.79 Å². The number of aliphatic hydroxyl groups excluding tert-OH is 1. The second kappa shape index (κ2) is 9.64. The molecule has 134 valence electrons. The van der Waals surface area contributed by atoms with Gasteiger partial charge in [0.05, 0.1) is 0 Å². The van der Waals surface area contributed by atoms with Gasteiger partial charge >= 0.3 is 6.03 Å². The van der Waals surface area contributed by atoms with Gasteiger partial charge in [0.25, 0.3) is 0 Å². The van der Waals surface area contributed by atoms with Crippen LogP contribution < -0.4 is 10.6 Å². The van der Waals surface area contributed by atoms with Crippen molar-refractivity contribution in [2.45, 2.75) is 52.2 Å². The molecule has 1 fully saturated rings. The van der Waals surface area contributed by atoms with Crippen molar-refractivity contribution in [3.63, 3.8) is 0 Å². The molecule has 0 aromatic heterocycles. The lowest BCUT2D eigenvalue weighted by molar-refractivity contribution is 0.185. The zero-order valence-corrected chi connectivity index (χ0v) is 14.9. The summed E-state index contributed by atoms with van der Waals surface area (Å²) in [6, 6.07) is 8.22. The molecule has 5 nitrogen and oxygen atoms in total. The van der Waals surface area contributed by atoms with E-state index in [0.717, 1.165) is 18.0 Å². The van der Waals surface area contributed by atoms with Gasteiger partial charge in [-0.1, -0.05) is 31.2 Å². The molecule has 1 aromatic carbocycles. The molecule has 0 radical (unpaired) electrons. The van der Waals surface area contributed by atoms with E-state index in [9.17, 15) is 4.79 Å². The number of hydrogen-bond donors (Lipinski definition) is 3. The average molecular weight is 333 g/mol. The molecule has 0 bridgehead atoms. The Hall–Kier alpha value is -1.59. The fourth-order valence-electron chi connectivity index (χ4n) is 3.04. The minimum Gasteiger partial charge on any atom is -0.396 e. The van der Waals surface area contributed by atoms with E-state index in [1.807, 2.05) is 13.0 Å². The minimum absolute atomic E-state index is 0.0252. The van der Waals surface area contributed by atoms with Gasteiger partial charge in [-0.25, -0.2) is 4.79 Å². The molecule has 2 rings (SSSR count). The van der Waals surface area contributed by atoms with Gasteiger partial charge in [0, 0.05) is 25.7 Å². The predicted molar refractivity (Wildman–Crippen MR) is 96.7 cm³/mol. The molecule has 1 aromatic rings. The summed E-state index contributed by atoms with van der Waals surface area (Å²) in [6.45, 7) is 8.15. The first-order valence-corrected chi connectivity index (χ1v) is 9.02. The van der Waals surface area contributed by atoms with E-state index in [-0.39, 0.29) is 18.7 Å². The van der Waals surface area contributed by atoms with Gasteiger partial charge in [-0.15, -0.1) is 0 Å². The fraction of sp³-hybridized carbons (Fsp3) is 0.632. The SMILES string of the molecule is CC1CCN(Cc2cccc(CNC(=O)N[C@H](C)CCO)c2)CC1. The van der Waals surface area contributed by atoms with Gasteiger partial charge in [0.2, 0.25) is 0 Å². The van der Waals surface area contributed by atoms with Crippen molar-refractivity contribution in [3.8, 4) is 0 Å². The molecule has 0 aliphatic carbocycles. The van der Waals surface area contributed by atoms with E-state index in [1.54, 1.807) is 0 Å². The Bertz CT molecular complexity index is 513. The van der Waals surface area contributed by atoms with Crippen LogP contribution in [0, 0.1) is 5.92 Å². The number of carbonyl (C=O) groups is 1.